The number of anilines is 1. The summed E-state index contributed by atoms with van der Waals surface area (Å²) in [5.74, 6) is 0. The summed E-state index contributed by atoms with van der Waals surface area (Å²) in [4.78, 5) is 2.35. The van der Waals surface area contributed by atoms with Gasteiger partial charge in [0.05, 0.1) is 6.10 Å². The molecule has 1 aliphatic rings. The number of hydrogen-bond acceptors (Lipinski definition) is 3. The van der Waals surface area contributed by atoms with Crippen LogP contribution in [0.15, 0.2) is 18.2 Å². The maximum atomic E-state index is 6.30. The molecule has 0 bridgehead atoms. The van der Waals surface area contributed by atoms with E-state index in [2.05, 4.69) is 28.4 Å². The topological polar surface area (TPSA) is 24.5 Å². The zero-order valence-corrected chi connectivity index (χ0v) is 11.8. The van der Waals surface area contributed by atoms with Gasteiger partial charge in [-0.15, -0.1) is 0 Å². The Balaban J connectivity index is 2.10. The summed E-state index contributed by atoms with van der Waals surface area (Å²) in [6, 6.07) is 6.31. The molecule has 4 heteroatoms. The number of ether oxygens (including phenoxy) is 1. The minimum absolute atomic E-state index is 0.342. The van der Waals surface area contributed by atoms with E-state index in [0.717, 1.165) is 36.6 Å². The van der Waals surface area contributed by atoms with E-state index in [0.29, 0.717) is 6.10 Å². The normalized spacial score (nSPS) is 20.2. The highest BCUT2D eigenvalue weighted by atomic mass is 35.5. The Morgan fingerprint density at radius 3 is 3.00 bits per heavy atom. The van der Waals surface area contributed by atoms with Crippen LogP contribution in [0.4, 0.5) is 5.69 Å². The third kappa shape index (κ3) is 3.16. The molecule has 1 saturated heterocycles. The number of halogens is 1. The van der Waals surface area contributed by atoms with Crippen molar-refractivity contribution >= 4 is 17.3 Å². The Morgan fingerprint density at radius 2 is 2.33 bits per heavy atom. The molecule has 1 fully saturated rings. The van der Waals surface area contributed by atoms with Crippen LogP contribution in [-0.2, 0) is 11.3 Å². The molecule has 18 heavy (non-hydrogen) atoms. The second-order valence-electron chi connectivity index (χ2n) is 4.75. The molecule has 3 nitrogen and oxygen atoms in total. The molecule has 100 valence electrons. The molecule has 1 aliphatic heterocycles. The number of rotatable bonds is 4. The minimum atomic E-state index is 0.342. The average Bonchev–Trinajstić information content (AvgIpc) is 2.41. The zero-order chi connectivity index (χ0) is 13.0. The lowest BCUT2D eigenvalue weighted by molar-refractivity contribution is 0.0893. The van der Waals surface area contributed by atoms with Crippen LogP contribution in [0.25, 0.3) is 0 Å². The fourth-order valence-electron chi connectivity index (χ4n) is 2.43. The van der Waals surface area contributed by atoms with Crippen molar-refractivity contribution in [1.82, 2.24) is 5.32 Å². The van der Waals surface area contributed by atoms with Gasteiger partial charge in [-0.25, -0.2) is 0 Å². The molecule has 1 aromatic carbocycles. The Kier molecular flexibility index (Phi) is 4.87. The highest BCUT2D eigenvalue weighted by Gasteiger charge is 2.20. The Hall–Kier alpha value is -0.770. The summed E-state index contributed by atoms with van der Waals surface area (Å²) in [6.07, 6.45) is 2.67. The fourth-order valence-corrected chi connectivity index (χ4v) is 2.67. The summed E-state index contributed by atoms with van der Waals surface area (Å²) < 4.78 is 5.45. The number of hydrogen-bond donors (Lipinski definition) is 1. The van der Waals surface area contributed by atoms with Gasteiger partial charge in [0.25, 0.3) is 0 Å². The number of nitrogens with zero attached hydrogens (tertiary/aromatic N) is 1. The summed E-state index contributed by atoms with van der Waals surface area (Å²) >= 11 is 6.30. The van der Waals surface area contributed by atoms with E-state index < -0.39 is 0 Å². The number of benzene rings is 1. The molecule has 0 saturated carbocycles. The third-order valence-electron chi connectivity index (χ3n) is 3.48. The van der Waals surface area contributed by atoms with Gasteiger partial charge in [-0.3, -0.25) is 0 Å². The second kappa shape index (κ2) is 6.41. The molecule has 0 aliphatic carbocycles. The Labute approximate surface area is 114 Å². The molecule has 1 N–H and O–H groups in total. The van der Waals surface area contributed by atoms with E-state index in [1.54, 1.807) is 7.11 Å². The molecule has 0 spiro atoms. The van der Waals surface area contributed by atoms with Crippen molar-refractivity contribution in [3.05, 3.63) is 28.8 Å². The van der Waals surface area contributed by atoms with Crippen LogP contribution in [0.2, 0.25) is 5.02 Å². The van der Waals surface area contributed by atoms with E-state index >= 15 is 0 Å². The molecule has 1 aromatic rings. The maximum Gasteiger partial charge on any atom is 0.0746 e. The number of nitrogens with one attached hydrogen (secondary N) is 1. The first-order valence-electron chi connectivity index (χ1n) is 6.45. The first-order valence-corrected chi connectivity index (χ1v) is 6.83. The lowest BCUT2D eigenvalue weighted by Crippen LogP contribution is -2.39. The van der Waals surface area contributed by atoms with Crippen LogP contribution in [0.3, 0.4) is 0 Å². The van der Waals surface area contributed by atoms with Crippen LogP contribution >= 0.6 is 11.6 Å². The molecule has 1 unspecified atom stereocenters. The largest absolute Gasteiger partial charge is 0.380 e. The van der Waals surface area contributed by atoms with Gasteiger partial charge in [0.15, 0.2) is 0 Å². The van der Waals surface area contributed by atoms with Crippen molar-refractivity contribution in [2.24, 2.45) is 0 Å². The first kappa shape index (κ1) is 13.7. The predicted octanol–water partition coefficient (Wildman–Crippen LogP) is 2.67. The molecule has 1 heterocycles. The van der Waals surface area contributed by atoms with E-state index in [9.17, 15) is 0 Å². The molecular weight excluding hydrogens is 248 g/mol. The van der Waals surface area contributed by atoms with E-state index in [1.165, 1.54) is 12.1 Å². The predicted molar refractivity (Wildman–Crippen MR) is 76.5 cm³/mol. The van der Waals surface area contributed by atoms with Gasteiger partial charge in [-0.05, 0) is 37.6 Å². The van der Waals surface area contributed by atoms with E-state index in [4.69, 9.17) is 16.3 Å². The molecule has 0 radical (unpaired) electrons. The minimum Gasteiger partial charge on any atom is -0.380 e. The van der Waals surface area contributed by atoms with Crippen molar-refractivity contribution in [3.8, 4) is 0 Å². The molecule has 2 rings (SSSR count). The van der Waals surface area contributed by atoms with Crippen molar-refractivity contribution in [2.75, 3.05) is 32.1 Å². The third-order valence-corrected chi connectivity index (χ3v) is 3.83. The summed E-state index contributed by atoms with van der Waals surface area (Å²) in [6.45, 7) is 2.85. The highest BCUT2D eigenvalue weighted by Crippen LogP contribution is 2.26. The van der Waals surface area contributed by atoms with Crippen LogP contribution < -0.4 is 10.2 Å². The quantitative estimate of drug-likeness (QED) is 0.909. The van der Waals surface area contributed by atoms with Gasteiger partial charge in [0, 0.05) is 37.5 Å². The SMILES string of the molecule is CNCc1ccc(N2CCCC(OC)C2)cc1Cl. The smallest absolute Gasteiger partial charge is 0.0746 e. The molecule has 0 aromatic heterocycles. The molecular formula is C14H21ClN2O. The standard InChI is InChI=1S/C14H21ClN2O/c1-16-9-11-5-6-12(8-14(11)15)17-7-3-4-13(10-17)18-2/h5-6,8,13,16H,3-4,7,9-10H2,1-2H3. The van der Waals surface area contributed by atoms with Gasteiger partial charge < -0.3 is 15.0 Å². The summed E-state index contributed by atoms with van der Waals surface area (Å²) in [5, 5.41) is 3.96. The second-order valence-corrected chi connectivity index (χ2v) is 5.16. The lowest BCUT2D eigenvalue weighted by atomic mass is 10.1. The van der Waals surface area contributed by atoms with Crippen molar-refractivity contribution in [3.63, 3.8) is 0 Å². The van der Waals surface area contributed by atoms with E-state index in [1.807, 2.05) is 7.05 Å². The fraction of sp³-hybridized carbons (Fsp3) is 0.571. The molecule has 1 atom stereocenters. The lowest BCUT2D eigenvalue weighted by Gasteiger charge is -2.33. The Morgan fingerprint density at radius 1 is 1.50 bits per heavy atom. The Bertz CT molecular complexity index is 397. The van der Waals surface area contributed by atoms with Gasteiger partial charge in [-0.2, -0.15) is 0 Å². The number of methoxy groups -OCH3 is 1. The van der Waals surface area contributed by atoms with Gasteiger partial charge >= 0.3 is 0 Å². The first-order chi connectivity index (χ1) is 8.74. The van der Waals surface area contributed by atoms with Crippen LogP contribution in [0, 0.1) is 0 Å². The average molecular weight is 269 g/mol. The van der Waals surface area contributed by atoms with Crippen LogP contribution in [0.5, 0.6) is 0 Å². The maximum absolute atomic E-state index is 6.30. The number of piperidine rings is 1. The van der Waals surface area contributed by atoms with Gasteiger partial charge in [0.2, 0.25) is 0 Å². The van der Waals surface area contributed by atoms with Crippen LogP contribution in [0.1, 0.15) is 18.4 Å². The van der Waals surface area contributed by atoms with Gasteiger partial charge in [0.1, 0.15) is 0 Å². The van der Waals surface area contributed by atoms with Crippen molar-refractivity contribution in [1.29, 1.82) is 0 Å². The van der Waals surface area contributed by atoms with Crippen molar-refractivity contribution in [2.45, 2.75) is 25.5 Å². The molecule has 0 amide bonds. The summed E-state index contributed by atoms with van der Waals surface area (Å²) in [7, 11) is 3.72. The van der Waals surface area contributed by atoms with Gasteiger partial charge in [-0.1, -0.05) is 17.7 Å². The zero-order valence-electron chi connectivity index (χ0n) is 11.1. The van der Waals surface area contributed by atoms with E-state index in [-0.39, 0.29) is 0 Å². The van der Waals surface area contributed by atoms with Crippen LogP contribution in [-0.4, -0.2) is 33.4 Å². The highest BCUT2D eigenvalue weighted by molar-refractivity contribution is 6.31. The summed E-state index contributed by atoms with van der Waals surface area (Å²) in [5.41, 5.74) is 2.34. The van der Waals surface area contributed by atoms with Crippen molar-refractivity contribution < 1.29 is 4.74 Å². The monoisotopic (exact) mass is 268 g/mol.